The fourth-order valence-corrected chi connectivity index (χ4v) is 2.69. The van der Waals surface area contributed by atoms with Gasteiger partial charge < -0.3 is 14.6 Å². The minimum atomic E-state index is 0.410. The summed E-state index contributed by atoms with van der Waals surface area (Å²) < 4.78 is 7.25. The van der Waals surface area contributed by atoms with Crippen LogP contribution in [0.25, 0.3) is 0 Å². The summed E-state index contributed by atoms with van der Waals surface area (Å²) in [5.74, 6) is 2.28. The summed E-state index contributed by atoms with van der Waals surface area (Å²) in [4.78, 5) is 6.86. The van der Waals surface area contributed by atoms with Crippen LogP contribution >= 0.6 is 0 Å². The number of guanidine groups is 1. The zero-order valence-electron chi connectivity index (χ0n) is 15.4. The van der Waals surface area contributed by atoms with Gasteiger partial charge in [-0.1, -0.05) is 13.8 Å². The van der Waals surface area contributed by atoms with Gasteiger partial charge >= 0.3 is 0 Å². The van der Waals surface area contributed by atoms with E-state index in [0.29, 0.717) is 12.5 Å². The fourth-order valence-electron chi connectivity index (χ4n) is 2.69. The second-order valence-corrected chi connectivity index (χ2v) is 6.29. The Labute approximate surface area is 144 Å². The molecule has 2 aromatic heterocycles. The van der Waals surface area contributed by atoms with Crippen molar-refractivity contribution < 1.29 is 4.42 Å². The van der Waals surface area contributed by atoms with E-state index in [1.54, 1.807) is 6.26 Å². The molecule has 0 atom stereocenters. The van der Waals surface area contributed by atoms with E-state index in [1.165, 1.54) is 5.56 Å². The molecule has 24 heavy (non-hydrogen) atoms. The van der Waals surface area contributed by atoms with Gasteiger partial charge in [-0.3, -0.25) is 9.67 Å². The third kappa shape index (κ3) is 4.88. The molecule has 0 radical (unpaired) electrons. The highest BCUT2D eigenvalue weighted by Crippen LogP contribution is 2.18. The second kappa shape index (κ2) is 8.57. The number of nitrogens with one attached hydrogen (secondary N) is 1. The average molecular weight is 331 g/mol. The van der Waals surface area contributed by atoms with Gasteiger partial charge in [0.1, 0.15) is 5.76 Å². The molecule has 6 heteroatoms. The molecule has 0 spiro atoms. The molecule has 0 aliphatic rings. The molecule has 2 heterocycles. The number of aryl methyl sites for hydroxylation is 1. The maximum atomic E-state index is 5.36. The Kier molecular flexibility index (Phi) is 6.46. The van der Waals surface area contributed by atoms with Gasteiger partial charge in [0.2, 0.25) is 0 Å². The lowest BCUT2D eigenvalue weighted by Crippen LogP contribution is -2.38. The Morgan fingerprint density at radius 3 is 2.88 bits per heavy atom. The summed E-state index contributed by atoms with van der Waals surface area (Å²) in [6.45, 7) is 8.76. The molecule has 6 nitrogen and oxygen atoms in total. The molecule has 0 amide bonds. The van der Waals surface area contributed by atoms with Crippen molar-refractivity contribution in [2.75, 3.05) is 20.1 Å². The van der Waals surface area contributed by atoms with Crippen molar-refractivity contribution in [3.8, 4) is 0 Å². The molecule has 0 aromatic carbocycles. The molecular formula is C18H29N5O. The lowest BCUT2D eigenvalue weighted by molar-refractivity contribution is 0.471. The number of aliphatic imine (C=N–C) groups is 1. The number of hydrogen-bond acceptors (Lipinski definition) is 3. The summed E-state index contributed by atoms with van der Waals surface area (Å²) in [5.41, 5.74) is 2.39. The normalized spacial score (nSPS) is 12.0. The maximum absolute atomic E-state index is 5.36. The van der Waals surface area contributed by atoms with Crippen LogP contribution in [0.1, 0.15) is 43.7 Å². The number of hydrogen-bond donors (Lipinski definition) is 1. The predicted octanol–water partition coefficient (Wildman–Crippen LogP) is 2.78. The maximum Gasteiger partial charge on any atom is 0.193 e. The predicted molar refractivity (Wildman–Crippen MR) is 97.2 cm³/mol. The monoisotopic (exact) mass is 331 g/mol. The SMILES string of the molecule is CCNC(=NCCc1ccco1)N(C)Cc1cn(C)nc1C(C)C. The number of aromatic nitrogens is 2. The van der Waals surface area contributed by atoms with E-state index in [-0.39, 0.29) is 0 Å². The largest absolute Gasteiger partial charge is 0.469 e. The van der Waals surface area contributed by atoms with Crippen LogP contribution in [-0.2, 0) is 20.0 Å². The number of nitrogens with zero attached hydrogens (tertiary/aromatic N) is 4. The van der Waals surface area contributed by atoms with Gasteiger partial charge in [-0.05, 0) is 25.0 Å². The van der Waals surface area contributed by atoms with E-state index in [1.807, 2.05) is 23.9 Å². The first kappa shape index (κ1) is 18.1. The smallest absolute Gasteiger partial charge is 0.193 e. The second-order valence-electron chi connectivity index (χ2n) is 6.29. The van der Waals surface area contributed by atoms with E-state index in [2.05, 4.69) is 49.3 Å². The zero-order chi connectivity index (χ0) is 17.5. The molecule has 0 fully saturated rings. The lowest BCUT2D eigenvalue weighted by Gasteiger charge is -2.22. The van der Waals surface area contributed by atoms with Crippen LogP contribution in [0.5, 0.6) is 0 Å². The Bertz CT molecular complexity index is 642. The molecule has 0 aliphatic heterocycles. The van der Waals surface area contributed by atoms with Crippen LogP contribution in [0, 0.1) is 0 Å². The number of rotatable bonds is 7. The standard InChI is InChI=1S/C18H29N5O/c1-6-19-18(20-10-9-16-8-7-11-24-16)22(4)12-15-13-23(5)21-17(15)14(2)3/h7-8,11,13-14H,6,9-10,12H2,1-5H3,(H,19,20). The third-order valence-electron chi connectivity index (χ3n) is 3.79. The van der Waals surface area contributed by atoms with Gasteiger partial charge in [-0.15, -0.1) is 0 Å². The van der Waals surface area contributed by atoms with Crippen molar-refractivity contribution in [2.45, 2.75) is 39.7 Å². The first-order chi connectivity index (χ1) is 11.5. The molecule has 2 aromatic rings. The summed E-state index contributed by atoms with van der Waals surface area (Å²) >= 11 is 0. The molecular weight excluding hydrogens is 302 g/mol. The van der Waals surface area contributed by atoms with E-state index in [9.17, 15) is 0 Å². The summed E-state index contributed by atoms with van der Waals surface area (Å²) in [5, 5.41) is 7.94. The minimum Gasteiger partial charge on any atom is -0.469 e. The van der Waals surface area contributed by atoms with Crippen molar-refractivity contribution in [1.82, 2.24) is 20.0 Å². The Balaban J connectivity index is 2.04. The molecule has 0 bridgehead atoms. The summed E-state index contributed by atoms with van der Waals surface area (Å²) in [6, 6.07) is 3.89. The van der Waals surface area contributed by atoms with Gasteiger partial charge in [0, 0.05) is 51.9 Å². The van der Waals surface area contributed by atoms with E-state index in [0.717, 1.165) is 36.9 Å². The first-order valence-electron chi connectivity index (χ1n) is 8.55. The topological polar surface area (TPSA) is 58.6 Å². The van der Waals surface area contributed by atoms with Crippen molar-refractivity contribution in [3.63, 3.8) is 0 Å². The average Bonchev–Trinajstić information content (AvgIpc) is 3.16. The minimum absolute atomic E-state index is 0.410. The van der Waals surface area contributed by atoms with Gasteiger partial charge in [0.15, 0.2) is 5.96 Å². The van der Waals surface area contributed by atoms with Crippen LogP contribution < -0.4 is 5.32 Å². The quantitative estimate of drug-likeness (QED) is 0.626. The fraction of sp³-hybridized carbons (Fsp3) is 0.556. The summed E-state index contributed by atoms with van der Waals surface area (Å²) in [6.07, 6.45) is 4.60. The van der Waals surface area contributed by atoms with Crippen LogP contribution in [0.4, 0.5) is 0 Å². The highest BCUT2D eigenvalue weighted by Gasteiger charge is 2.15. The first-order valence-corrected chi connectivity index (χ1v) is 8.55. The lowest BCUT2D eigenvalue weighted by atomic mass is 10.1. The summed E-state index contributed by atoms with van der Waals surface area (Å²) in [7, 11) is 4.03. The molecule has 0 aliphatic carbocycles. The van der Waals surface area contributed by atoms with Crippen molar-refractivity contribution in [2.24, 2.45) is 12.0 Å². The molecule has 0 saturated carbocycles. The highest BCUT2D eigenvalue weighted by molar-refractivity contribution is 5.79. The van der Waals surface area contributed by atoms with Crippen molar-refractivity contribution in [1.29, 1.82) is 0 Å². The van der Waals surface area contributed by atoms with Crippen LogP contribution in [0.2, 0.25) is 0 Å². The highest BCUT2D eigenvalue weighted by atomic mass is 16.3. The Morgan fingerprint density at radius 1 is 1.46 bits per heavy atom. The van der Waals surface area contributed by atoms with Crippen molar-refractivity contribution >= 4 is 5.96 Å². The van der Waals surface area contributed by atoms with E-state index < -0.39 is 0 Å². The van der Waals surface area contributed by atoms with Gasteiger partial charge in [-0.2, -0.15) is 5.10 Å². The van der Waals surface area contributed by atoms with E-state index in [4.69, 9.17) is 9.41 Å². The van der Waals surface area contributed by atoms with Crippen LogP contribution in [0.3, 0.4) is 0 Å². The Morgan fingerprint density at radius 2 is 2.25 bits per heavy atom. The molecule has 2 rings (SSSR count). The molecule has 0 saturated heterocycles. The van der Waals surface area contributed by atoms with Crippen molar-refractivity contribution in [3.05, 3.63) is 41.6 Å². The molecule has 1 N–H and O–H groups in total. The van der Waals surface area contributed by atoms with E-state index >= 15 is 0 Å². The van der Waals surface area contributed by atoms with Gasteiger partial charge in [0.05, 0.1) is 12.0 Å². The van der Waals surface area contributed by atoms with Gasteiger partial charge in [-0.25, -0.2) is 0 Å². The number of furan rings is 1. The zero-order valence-corrected chi connectivity index (χ0v) is 15.4. The molecule has 132 valence electrons. The molecule has 0 unspecified atom stereocenters. The Hall–Kier alpha value is -2.24. The third-order valence-corrected chi connectivity index (χ3v) is 3.79. The van der Waals surface area contributed by atoms with Crippen LogP contribution in [0.15, 0.2) is 34.0 Å². The van der Waals surface area contributed by atoms with Crippen LogP contribution in [-0.4, -0.2) is 40.8 Å². The van der Waals surface area contributed by atoms with Gasteiger partial charge in [0.25, 0.3) is 0 Å².